The minimum absolute atomic E-state index is 0.559. The van der Waals surface area contributed by atoms with E-state index in [0.29, 0.717) is 6.04 Å². The summed E-state index contributed by atoms with van der Waals surface area (Å²) in [6.45, 7) is 5.57. The van der Waals surface area contributed by atoms with E-state index in [9.17, 15) is 0 Å². The van der Waals surface area contributed by atoms with Gasteiger partial charge in [0.15, 0.2) is 0 Å². The molecule has 1 saturated carbocycles. The Bertz CT molecular complexity index is 445. The molecule has 0 amide bonds. The van der Waals surface area contributed by atoms with Gasteiger partial charge in [0, 0.05) is 16.1 Å². The van der Waals surface area contributed by atoms with Gasteiger partial charge in [0.05, 0.1) is 0 Å². The van der Waals surface area contributed by atoms with Gasteiger partial charge in [0.1, 0.15) is 0 Å². The van der Waals surface area contributed by atoms with E-state index in [2.05, 4.69) is 19.2 Å². The first-order valence-electron chi connectivity index (χ1n) is 8.23. The highest BCUT2D eigenvalue weighted by atomic mass is 35.5. The molecule has 1 aliphatic rings. The van der Waals surface area contributed by atoms with Crippen LogP contribution in [0.5, 0.6) is 0 Å². The average Bonchev–Trinajstić information content (AvgIpc) is 2.66. The molecule has 3 heteroatoms. The van der Waals surface area contributed by atoms with Crippen molar-refractivity contribution in [3.05, 3.63) is 33.8 Å². The minimum atomic E-state index is 0.559. The average molecular weight is 328 g/mol. The molecule has 1 N–H and O–H groups in total. The summed E-state index contributed by atoms with van der Waals surface area (Å²) in [6, 6.07) is 6.40. The van der Waals surface area contributed by atoms with Crippen molar-refractivity contribution in [2.24, 2.45) is 11.8 Å². The number of rotatable bonds is 5. The van der Waals surface area contributed by atoms with Crippen LogP contribution >= 0.6 is 23.2 Å². The van der Waals surface area contributed by atoms with Gasteiger partial charge in [0.25, 0.3) is 0 Å². The van der Waals surface area contributed by atoms with Gasteiger partial charge in [-0.1, -0.05) is 56.3 Å². The summed E-state index contributed by atoms with van der Waals surface area (Å²) in [5.74, 6) is 1.47. The first-order valence-corrected chi connectivity index (χ1v) is 8.99. The fourth-order valence-electron chi connectivity index (χ4n) is 3.37. The van der Waals surface area contributed by atoms with E-state index in [1.165, 1.54) is 37.7 Å². The van der Waals surface area contributed by atoms with E-state index < -0.39 is 0 Å². The smallest absolute Gasteiger partial charge is 0.0439 e. The molecule has 1 nitrogen and oxygen atoms in total. The normalized spacial score (nSPS) is 23.3. The summed E-state index contributed by atoms with van der Waals surface area (Å²) >= 11 is 12.5. The highest BCUT2D eigenvalue weighted by Crippen LogP contribution is 2.33. The Morgan fingerprint density at radius 3 is 2.52 bits per heavy atom. The second kappa shape index (κ2) is 8.41. The molecule has 0 spiro atoms. The zero-order valence-electron chi connectivity index (χ0n) is 13.2. The van der Waals surface area contributed by atoms with Crippen molar-refractivity contribution >= 4 is 23.2 Å². The summed E-state index contributed by atoms with van der Waals surface area (Å²) < 4.78 is 0. The second-order valence-corrected chi connectivity index (χ2v) is 7.50. The molecule has 2 unspecified atom stereocenters. The number of hydrogen-bond acceptors (Lipinski definition) is 1. The molecular weight excluding hydrogens is 301 g/mol. The number of hydrogen-bond donors (Lipinski definition) is 1. The van der Waals surface area contributed by atoms with E-state index in [1.807, 2.05) is 18.2 Å². The van der Waals surface area contributed by atoms with Crippen molar-refractivity contribution < 1.29 is 0 Å². The van der Waals surface area contributed by atoms with Crippen molar-refractivity contribution in [2.75, 3.05) is 6.54 Å². The first kappa shape index (κ1) is 17.1. The predicted molar refractivity (Wildman–Crippen MR) is 93.4 cm³/mol. The Morgan fingerprint density at radius 1 is 1.10 bits per heavy atom. The van der Waals surface area contributed by atoms with Crippen molar-refractivity contribution in [3.63, 3.8) is 0 Å². The molecule has 0 aromatic heterocycles. The van der Waals surface area contributed by atoms with Crippen LogP contribution in [0.15, 0.2) is 18.2 Å². The van der Waals surface area contributed by atoms with Gasteiger partial charge in [-0.15, -0.1) is 0 Å². The van der Waals surface area contributed by atoms with Gasteiger partial charge < -0.3 is 5.32 Å². The van der Waals surface area contributed by atoms with E-state index >= 15 is 0 Å². The summed E-state index contributed by atoms with van der Waals surface area (Å²) in [7, 11) is 0. The van der Waals surface area contributed by atoms with Crippen molar-refractivity contribution in [1.82, 2.24) is 5.32 Å². The van der Waals surface area contributed by atoms with Crippen molar-refractivity contribution in [3.8, 4) is 0 Å². The Balaban J connectivity index is 2.07. The highest BCUT2D eigenvalue weighted by molar-refractivity contribution is 6.33. The Labute approximate surface area is 139 Å². The second-order valence-electron chi connectivity index (χ2n) is 6.66. The fraction of sp³-hybridized carbons (Fsp3) is 0.667. The van der Waals surface area contributed by atoms with Crippen LogP contribution in [0.4, 0.5) is 0 Å². The molecular formula is C18H27Cl2N. The molecule has 2 atom stereocenters. The molecule has 0 bridgehead atoms. The van der Waals surface area contributed by atoms with Crippen LogP contribution in [0.2, 0.25) is 10.0 Å². The number of nitrogens with one attached hydrogen (secondary N) is 1. The van der Waals surface area contributed by atoms with Crippen LogP contribution < -0.4 is 5.32 Å². The van der Waals surface area contributed by atoms with E-state index in [1.54, 1.807) is 0 Å². The third kappa shape index (κ3) is 5.47. The Hall–Kier alpha value is -0.240. The number of benzene rings is 1. The van der Waals surface area contributed by atoms with Crippen molar-refractivity contribution in [2.45, 2.75) is 58.4 Å². The molecule has 0 aliphatic heterocycles. The van der Waals surface area contributed by atoms with E-state index in [-0.39, 0.29) is 0 Å². The number of halogens is 2. The lowest BCUT2D eigenvalue weighted by Gasteiger charge is -2.27. The van der Waals surface area contributed by atoms with Crippen LogP contribution in [-0.4, -0.2) is 12.6 Å². The first-order chi connectivity index (χ1) is 10.1. The third-order valence-corrected chi connectivity index (χ3v) is 5.20. The largest absolute Gasteiger partial charge is 0.314 e. The van der Waals surface area contributed by atoms with Crippen LogP contribution in [0.3, 0.4) is 0 Å². The molecule has 118 valence electrons. The lowest BCUT2D eigenvalue weighted by molar-refractivity contribution is 0.291. The topological polar surface area (TPSA) is 12.0 Å². The molecule has 1 aromatic carbocycles. The van der Waals surface area contributed by atoms with E-state index in [0.717, 1.165) is 34.8 Å². The summed E-state index contributed by atoms with van der Waals surface area (Å²) in [4.78, 5) is 0. The van der Waals surface area contributed by atoms with Gasteiger partial charge in [-0.05, 0) is 61.4 Å². The SMILES string of the molecule is CC(C)NCC1CCCCCC1Cc1cc(Cl)ccc1Cl. The maximum Gasteiger partial charge on any atom is 0.0439 e. The predicted octanol–water partition coefficient (Wildman–Crippen LogP) is 5.73. The van der Waals surface area contributed by atoms with Gasteiger partial charge in [0.2, 0.25) is 0 Å². The lowest BCUT2D eigenvalue weighted by atomic mass is 9.83. The summed E-state index contributed by atoms with van der Waals surface area (Å²) in [5.41, 5.74) is 1.21. The molecule has 0 heterocycles. The van der Waals surface area contributed by atoms with Gasteiger partial charge in [-0.25, -0.2) is 0 Å². The molecule has 1 aromatic rings. The summed E-state index contributed by atoms with van der Waals surface area (Å²) in [6.07, 6.45) is 7.79. The van der Waals surface area contributed by atoms with Crippen molar-refractivity contribution in [1.29, 1.82) is 0 Å². The quantitative estimate of drug-likeness (QED) is 0.681. The Morgan fingerprint density at radius 2 is 1.81 bits per heavy atom. The maximum atomic E-state index is 6.36. The van der Waals surface area contributed by atoms with Gasteiger partial charge in [-0.3, -0.25) is 0 Å². The lowest BCUT2D eigenvalue weighted by Crippen LogP contribution is -2.33. The molecule has 21 heavy (non-hydrogen) atoms. The van der Waals surface area contributed by atoms with Gasteiger partial charge >= 0.3 is 0 Å². The zero-order valence-corrected chi connectivity index (χ0v) is 14.7. The van der Waals surface area contributed by atoms with Crippen LogP contribution in [0, 0.1) is 11.8 Å². The summed E-state index contributed by atoms with van der Waals surface area (Å²) in [5, 5.41) is 5.28. The monoisotopic (exact) mass is 327 g/mol. The molecule has 2 rings (SSSR count). The fourth-order valence-corrected chi connectivity index (χ4v) is 3.76. The van der Waals surface area contributed by atoms with E-state index in [4.69, 9.17) is 23.2 Å². The zero-order chi connectivity index (χ0) is 15.2. The molecule has 1 fully saturated rings. The van der Waals surface area contributed by atoms with Crippen LogP contribution in [0.1, 0.15) is 51.5 Å². The highest BCUT2D eigenvalue weighted by Gasteiger charge is 2.24. The van der Waals surface area contributed by atoms with Crippen LogP contribution in [-0.2, 0) is 6.42 Å². The van der Waals surface area contributed by atoms with Gasteiger partial charge in [-0.2, -0.15) is 0 Å². The molecule has 1 aliphatic carbocycles. The maximum absolute atomic E-state index is 6.36. The van der Waals surface area contributed by atoms with Crippen LogP contribution in [0.25, 0.3) is 0 Å². The molecule has 0 radical (unpaired) electrons. The molecule has 0 saturated heterocycles. The standard InChI is InChI=1S/C18H27Cl2N/c1-13(2)21-12-15-7-5-3-4-6-14(15)10-16-11-17(19)8-9-18(16)20/h8-9,11,13-15,21H,3-7,10,12H2,1-2H3. The minimum Gasteiger partial charge on any atom is -0.314 e. The Kier molecular flexibility index (Phi) is 6.85. The third-order valence-electron chi connectivity index (χ3n) is 4.59.